The first-order valence-corrected chi connectivity index (χ1v) is 17.4. The zero-order valence-electron chi connectivity index (χ0n) is 29.0. The van der Waals surface area contributed by atoms with Crippen molar-refractivity contribution in [2.24, 2.45) is 5.41 Å². The number of imidazole rings is 1. The molecule has 248 valence electrons. The van der Waals surface area contributed by atoms with Gasteiger partial charge in [-0.25, -0.2) is 0 Å². The molecule has 0 amide bonds. The summed E-state index contributed by atoms with van der Waals surface area (Å²) in [7, 11) is 0. The van der Waals surface area contributed by atoms with Crippen LogP contribution in [0.15, 0.2) is 115 Å². The summed E-state index contributed by atoms with van der Waals surface area (Å²) in [5.74, 6) is 0.945. The number of pyridine rings is 1. The molecule has 5 aromatic carbocycles. The molecule has 2 aromatic heterocycles. The molecule has 0 bridgehead atoms. The Bertz CT molecular complexity index is 2360. The van der Waals surface area contributed by atoms with Crippen LogP contribution in [-0.2, 0) is 52.2 Å². The molecule has 2 aliphatic carbocycles. The third-order valence-corrected chi connectivity index (χ3v) is 11.2. The molecule has 3 nitrogen and oxygen atoms in total. The van der Waals surface area contributed by atoms with Crippen LogP contribution in [-0.4, -0.2) is 14.5 Å². The van der Waals surface area contributed by atoms with Crippen molar-refractivity contribution < 1.29 is 21.1 Å². The summed E-state index contributed by atoms with van der Waals surface area (Å²) >= 11 is 0. The van der Waals surface area contributed by atoms with Gasteiger partial charge < -0.3 is 9.55 Å². The van der Waals surface area contributed by atoms with Gasteiger partial charge in [-0.15, -0.1) is 70.8 Å². The molecule has 2 heterocycles. The fourth-order valence-electron chi connectivity index (χ4n) is 8.67. The first-order valence-electron chi connectivity index (χ1n) is 17.4. The third kappa shape index (κ3) is 5.30. The van der Waals surface area contributed by atoms with Crippen molar-refractivity contribution in [3.05, 3.63) is 172 Å². The Labute approximate surface area is 309 Å². The van der Waals surface area contributed by atoms with Crippen molar-refractivity contribution in [3.63, 3.8) is 0 Å². The zero-order chi connectivity index (χ0) is 33.3. The van der Waals surface area contributed by atoms with E-state index >= 15 is 0 Å². The van der Waals surface area contributed by atoms with Crippen LogP contribution < -0.4 is 0 Å². The molecule has 7 aromatic rings. The number of nitrogens with zero attached hydrogens (tertiary/aromatic N) is 3. The SMILES string of the molecule is Cc1cccc(C)c1-n1c(-c2[c-]c(C(C)(C)c3[c-]c(-c4ccccn4)ccc3)ccc2)nc2ccc3c(c21)CC1(Cc2ccccc2C1)C3.[Pt+2]. The van der Waals surface area contributed by atoms with Gasteiger partial charge in [0.1, 0.15) is 0 Å². The minimum absolute atomic E-state index is 0. The zero-order valence-corrected chi connectivity index (χ0v) is 31.2. The molecular weight excluding hydrogens is 790 g/mol. The molecule has 0 aliphatic heterocycles. The average molecular weight is 829 g/mol. The number of aromatic nitrogens is 3. The first-order chi connectivity index (χ1) is 23.8. The van der Waals surface area contributed by atoms with Gasteiger partial charge in [0.05, 0.1) is 16.9 Å². The van der Waals surface area contributed by atoms with E-state index in [1.807, 2.05) is 24.4 Å². The van der Waals surface area contributed by atoms with E-state index in [4.69, 9.17) is 4.98 Å². The maximum Gasteiger partial charge on any atom is 2.00 e. The number of para-hydroxylation sites is 1. The second-order valence-electron chi connectivity index (χ2n) is 14.9. The van der Waals surface area contributed by atoms with Crippen LogP contribution in [0.2, 0.25) is 0 Å². The number of benzene rings is 5. The molecule has 0 saturated heterocycles. The first kappa shape index (κ1) is 32.6. The van der Waals surface area contributed by atoms with Crippen molar-refractivity contribution in [1.29, 1.82) is 0 Å². The van der Waals surface area contributed by atoms with Crippen LogP contribution in [0, 0.1) is 31.4 Å². The van der Waals surface area contributed by atoms with E-state index in [0.717, 1.165) is 65.0 Å². The molecule has 50 heavy (non-hydrogen) atoms. The van der Waals surface area contributed by atoms with Crippen LogP contribution >= 0.6 is 0 Å². The van der Waals surface area contributed by atoms with E-state index in [2.05, 4.69) is 140 Å². The Morgan fingerprint density at radius 2 is 1.26 bits per heavy atom. The number of aryl methyl sites for hydroxylation is 2. The van der Waals surface area contributed by atoms with Gasteiger partial charge in [0.15, 0.2) is 0 Å². The van der Waals surface area contributed by atoms with Gasteiger partial charge in [-0.3, -0.25) is 4.98 Å². The topological polar surface area (TPSA) is 30.7 Å². The summed E-state index contributed by atoms with van der Waals surface area (Å²) in [4.78, 5) is 10.0. The predicted molar refractivity (Wildman–Crippen MR) is 199 cm³/mol. The summed E-state index contributed by atoms with van der Waals surface area (Å²) in [6, 6.07) is 46.7. The smallest absolute Gasteiger partial charge is 0.332 e. The minimum Gasteiger partial charge on any atom is -0.332 e. The predicted octanol–water partition coefficient (Wildman–Crippen LogP) is 10.2. The maximum absolute atomic E-state index is 5.44. The van der Waals surface area contributed by atoms with E-state index in [9.17, 15) is 0 Å². The molecule has 0 saturated carbocycles. The van der Waals surface area contributed by atoms with Crippen molar-refractivity contribution in [2.75, 3.05) is 0 Å². The molecule has 0 atom stereocenters. The molecule has 1 spiro atoms. The van der Waals surface area contributed by atoms with Crippen molar-refractivity contribution in [1.82, 2.24) is 14.5 Å². The fraction of sp³-hybridized carbons (Fsp3) is 0.217. The van der Waals surface area contributed by atoms with Gasteiger partial charge >= 0.3 is 21.1 Å². The Morgan fingerprint density at radius 3 is 1.94 bits per heavy atom. The summed E-state index contributed by atoms with van der Waals surface area (Å²) in [5.41, 5.74) is 17.0. The van der Waals surface area contributed by atoms with Crippen LogP contribution in [0.25, 0.3) is 39.4 Å². The summed E-state index contributed by atoms with van der Waals surface area (Å²) in [6.45, 7) is 8.97. The average Bonchev–Trinajstić information content (AvgIpc) is 3.80. The molecule has 4 heteroatoms. The quantitative estimate of drug-likeness (QED) is 0.162. The van der Waals surface area contributed by atoms with Crippen molar-refractivity contribution in [3.8, 4) is 28.3 Å². The Balaban J connectivity index is 0.00000361. The molecule has 0 radical (unpaired) electrons. The normalized spacial score (nSPS) is 14.5. The third-order valence-electron chi connectivity index (χ3n) is 11.2. The summed E-state index contributed by atoms with van der Waals surface area (Å²) < 4.78 is 2.47. The second kappa shape index (κ2) is 12.3. The Morgan fingerprint density at radius 1 is 0.640 bits per heavy atom. The fourth-order valence-corrected chi connectivity index (χ4v) is 8.67. The van der Waals surface area contributed by atoms with Crippen LogP contribution in [0.4, 0.5) is 0 Å². The molecule has 0 fully saturated rings. The van der Waals surface area contributed by atoms with E-state index in [1.165, 1.54) is 44.6 Å². The standard InChI is InChI=1S/C46H39N3.Pt/c1-30-12-9-13-31(2)42(30)49-43-39-29-46(26-34-14-5-6-15-35(34)27-46)28-36(39)21-22-41(43)48-44(49)33-17-11-19-38(25-33)45(3,4)37-18-10-16-32(24-37)40-20-7-8-23-47-40;/h5-23H,26-29H2,1-4H3;/q-2;+2. The maximum atomic E-state index is 5.44. The van der Waals surface area contributed by atoms with E-state index < -0.39 is 0 Å². The van der Waals surface area contributed by atoms with Crippen molar-refractivity contribution in [2.45, 2.75) is 58.8 Å². The van der Waals surface area contributed by atoms with Gasteiger partial charge in [0, 0.05) is 11.9 Å². The van der Waals surface area contributed by atoms with Gasteiger partial charge in [0.2, 0.25) is 0 Å². The van der Waals surface area contributed by atoms with Crippen LogP contribution in [0.3, 0.4) is 0 Å². The number of hydrogen-bond acceptors (Lipinski definition) is 2. The van der Waals surface area contributed by atoms with E-state index in [-0.39, 0.29) is 31.9 Å². The van der Waals surface area contributed by atoms with Crippen LogP contribution in [0.1, 0.15) is 58.4 Å². The van der Waals surface area contributed by atoms with Crippen molar-refractivity contribution >= 4 is 11.0 Å². The minimum atomic E-state index is -0.346. The molecule has 2 aliphatic rings. The second-order valence-corrected chi connectivity index (χ2v) is 14.9. The summed E-state index contributed by atoms with van der Waals surface area (Å²) in [6.07, 6.45) is 6.32. The molecular formula is C46H39N3Pt. The van der Waals surface area contributed by atoms with E-state index in [0.29, 0.717) is 0 Å². The summed E-state index contributed by atoms with van der Waals surface area (Å²) in [5, 5.41) is 0. The monoisotopic (exact) mass is 828 g/mol. The molecule has 0 unspecified atom stereocenters. The van der Waals surface area contributed by atoms with Crippen LogP contribution in [0.5, 0.6) is 0 Å². The van der Waals surface area contributed by atoms with Gasteiger partial charge in [-0.2, -0.15) is 0 Å². The molecule has 9 rings (SSSR count). The molecule has 0 N–H and O–H groups in total. The van der Waals surface area contributed by atoms with Gasteiger partial charge in [-0.1, -0.05) is 74.5 Å². The Hall–Kier alpha value is -4.59. The number of hydrogen-bond donors (Lipinski definition) is 0. The van der Waals surface area contributed by atoms with E-state index in [1.54, 1.807) is 0 Å². The Kier molecular flexibility index (Phi) is 8.03. The van der Waals surface area contributed by atoms with Gasteiger partial charge in [-0.05, 0) is 102 Å². The largest absolute Gasteiger partial charge is 2.00 e. The number of fused-ring (bicyclic) bond motifs is 4. The number of rotatable bonds is 5. The van der Waals surface area contributed by atoms with Gasteiger partial charge in [0.25, 0.3) is 0 Å².